The van der Waals surface area contributed by atoms with E-state index in [1.807, 2.05) is 0 Å². The summed E-state index contributed by atoms with van der Waals surface area (Å²) in [4.78, 5) is 24.7. The molecule has 5 heteroatoms. The van der Waals surface area contributed by atoms with Gasteiger partial charge in [0.1, 0.15) is 0 Å². The zero-order valence-corrected chi connectivity index (χ0v) is 6.94. The first kappa shape index (κ1) is 9.18. The number of anilines is 1. The summed E-state index contributed by atoms with van der Waals surface area (Å²) >= 11 is 0. The van der Waals surface area contributed by atoms with Crippen LogP contribution in [0.4, 0.5) is 5.69 Å². The van der Waals surface area contributed by atoms with Crippen LogP contribution in [0.3, 0.4) is 0 Å². The van der Waals surface area contributed by atoms with Gasteiger partial charge in [0.05, 0.1) is 0 Å². The fourth-order valence-corrected chi connectivity index (χ4v) is 0.789. The van der Waals surface area contributed by atoms with Crippen molar-refractivity contribution in [2.45, 2.75) is 6.92 Å². The molecule has 1 rings (SSSR count). The van der Waals surface area contributed by atoms with Crippen LogP contribution in [0, 0.1) is 6.92 Å². The number of hydrogen-bond acceptors (Lipinski definition) is 3. The van der Waals surface area contributed by atoms with Gasteiger partial charge >= 0.3 is 11.9 Å². The number of carboxylic acids is 1. The van der Waals surface area contributed by atoms with Crippen LogP contribution in [0.5, 0.6) is 0 Å². The van der Waals surface area contributed by atoms with Crippen molar-refractivity contribution in [3.63, 3.8) is 0 Å². The van der Waals surface area contributed by atoms with Crippen molar-refractivity contribution in [3.05, 3.63) is 24.0 Å². The maximum Gasteiger partial charge on any atom is 0.394 e. The fraction of sp³-hybridized carbons (Fsp3) is 0.125. The molecule has 5 nitrogen and oxygen atoms in total. The van der Waals surface area contributed by atoms with E-state index in [0.717, 1.165) is 5.56 Å². The number of nitrogens with zero attached hydrogens (tertiary/aromatic N) is 1. The molecule has 0 aromatic carbocycles. The van der Waals surface area contributed by atoms with E-state index in [-0.39, 0.29) is 0 Å². The molecule has 0 saturated heterocycles. The van der Waals surface area contributed by atoms with Crippen LogP contribution in [0.15, 0.2) is 18.5 Å². The van der Waals surface area contributed by atoms with Crippen LogP contribution in [-0.4, -0.2) is 22.0 Å². The Bertz CT molecular complexity index is 349. The Morgan fingerprint density at radius 3 is 2.77 bits per heavy atom. The molecule has 0 aliphatic carbocycles. The summed E-state index contributed by atoms with van der Waals surface area (Å²) in [5.41, 5.74) is 1.18. The third kappa shape index (κ3) is 2.26. The third-order valence-corrected chi connectivity index (χ3v) is 1.46. The van der Waals surface area contributed by atoms with E-state index in [1.54, 1.807) is 6.92 Å². The molecule has 0 radical (unpaired) electrons. The van der Waals surface area contributed by atoms with Crippen LogP contribution in [0.1, 0.15) is 5.56 Å². The average Bonchev–Trinajstić information content (AvgIpc) is 2.08. The van der Waals surface area contributed by atoms with Gasteiger partial charge in [0, 0.05) is 18.1 Å². The summed E-state index contributed by atoms with van der Waals surface area (Å²) in [7, 11) is 0. The molecule has 0 unspecified atom stereocenters. The van der Waals surface area contributed by atoms with Crippen molar-refractivity contribution < 1.29 is 14.7 Å². The molecule has 0 aliphatic rings. The number of aliphatic carboxylic acids is 1. The Labute approximate surface area is 74.4 Å². The van der Waals surface area contributed by atoms with Crippen LogP contribution in [0.2, 0.25) is 0 Å². The van der Waals surface area contributed by atoms with E-state index in [1.165, 1.54) is 18.5 Å². The number of amides is 1. The topological polar surface area (TPSA) is 79.3 Å². The van der Waals surface area contributed by atoms with Gasteiger partial charge in [-0.1, -0.05) is 0 Å². The van der Waals surface area contributed by atoms with E-state index in [9.17, 15) is 9.59 Å². The molecule has 0 fully saturated rings. The van der Waals surface area contributed by atoms with Crippen molar-refractivity contribution in [1.82, 2.24) is 4.98 Å². The number of aryl methyl sites for hydroxylation is 1. The van der Waals surface area contributed by atoms with Gasteiger partial charge in [0.15, 0.2) is 0 Å². The minimum absolute atomic E-state index is 0.461. The molecule has 1 heterocycles. The molecular weight excluding hydrogens is 172 g/mol. The standard InChI is InChI=1S/C8H8N2O3/c1-5-4-9-3-2-6(5)10-7(11)8(12)13/h2-4H,1H3,(H,12,13)(H,9,10,11). The molecule has 0 aliphatic heterocycles. The highest BCUT2D eigenvalue weighted by Gasteiger charge is 2.11. The van der Waals surface area contributed by atoms with Crippen LogP contribution in [0.25, 0.3) is 0 Å². The van der Waals surface area contributed by atoms with Gasteiger partial charge in [0.2, 0.25) is 0 Å². The molecule has 1 aromatic heterocycles. The van der Waals surface area contributed by atoms with Gasteiger partial charge in [-0.2, -0.15) is 0 Å². The lowest BCUT2D eigenvalue weighted by Gasteiger charge is -2.03. The second-order valence-corrected chi connectivity index (χ2v) is 2.45. The molecule has 2 N–H and O–H groups in total. The molecule has 0 bridgehead atoms. The summed E-state index contributed by atoms with van der Waals surface area (Å²) in [6, 6.07) is 1.54. The van der Waals surface area contributed by atoms with Crippen molar-refractivity contribution in [2.24, 2.45) is 0 Å². The molecule has 0 spiro atoms. The molecule has 68 valence electrons. The minimum Gasteiger partial charge on any atom is -0.474 e. The van der Waals surface area contributed by atoms with Crippen molar-refractivity contribution in [1.29, 1.82) is 0 Å². The van der Waals surface area contributed by atoms with Gasteiger partial charge in [-0.25, -0.2) is 4.79 Å². The summed E-state index contributed by atoms with van der Waals surface area (Å²) in [6.45, 7) is 1.73. The Balaban J connectivity index is 2.81. The number of carbonyl (C=O) groups excluding carboxylic acids is 1. The highest BCUT2D eigenvalue weighted by molar-refractivity contribution is 6.36. The number of carboxylic acid groups (broad SMARTS) is 1. The normalized spacial score (nSPS) is 9.31. The van der Waals surface area contributed by atoms with Crippen molar-refractivity contribution in [2.75, 3.05) is 5.32 Å². The second kappa shape index (κ2) is 3.66. The van der Waals surface area contributed by atoms with Crippen LogP contribution >= 0.6 is 0 Å². The first-order chi connectivity index (χ1) is 6.11. The number of rotatable bonds is 1. The third-order valence-electron chi connectivity index (χ3n) is 1.46. The minimum atomic E-state index is -1.50. The molecule has 1 amide bonds. The average molecular weight is 180 g/mol. The summed E-state index contributed by atoms with van der Waals surface area (Å²) in [5.74, 6) is -2.55. The van der Waals surface area contributed by atoms with Crippen LogP contribution < -0.4 is 5.32 Å². The highest BCUT2D eigenvalue weighted by Crippen LogP contribution is 2.10. The lowest BCUT2D eigenvalue weighted by molar-refractivity contribution is -0.147. The first-order valence-electron chi connectivity index (χ1n) is 3.56. The number of aromatic nitrogens is 1. The Morgan fingerprint density at radius 2 is 2.23 bits per heavy atom. The number of pyridine rings is 1. The second-order valence-electron chi connectivity index (χ2n) is 2.45. The summed E-state index contributed by atoms with van der Waals surface area (Å²) < 4.78 is 0. The molecule has 13 heavy (non-hydrogen) atoms. The predicted molar refractivity (Wildman–Crippen MR) is 45.2 cm³/mol. The van der Waals surface area contributed by atoms with Gasteiger partial charge in [-0.15, -0.1) is 0 Å². The smallest absolute Gasteiger partial charge is 0.394 e. The maximum atomic E-state index is 10.7. The van der Waals surface area contributed by atoms with E-state index < -0.39 is 11.9 Å². The first-order valence-corrected chi connectivity index (χ1v) is 3.56. The quantitative estimate of drug-likeness (QED) is 0.613. The van der Waals surface area contributed by atoms with Gasteiger partial charge < -0.3 is 10.4 Å². The Hall–Kier alpha value is -1.91. The lowest BCUT2D eigenvalue weighted by Crippen LogP contribution is -2.22. The molecule has 0 atom stereocenters. The molecular formula is C8H8N2O3. The van der Waals surface area contributed by atoms with E-state index in [2.05, 4.69) is 10.3 Å². The predicted octanol–water partition coefficient (Wildman–Crippen LogP) is 0.413. The van der Waals surface area contributed by atoms with E-state index in [0.29, 0.717) is 5.69 Å². The Morgan fingerprint density at radius 1 is 1.54 bits per heavy atom. The SMILES string of the molecule is Cc1cnccc1NC(=O)C(=O)O. The maximum absolute atomic E-state index is 10.7. The zero-order valence-electron chi connectivity index (χ0n) is 6.94. The van der Waals surface area contributed by atoms with E-state index in [4.69, 9.17) is 5.11 Å². The number of nitrogens with one attached hydrogen (secondary N) is 1. The van der Waals surface area contributed by atoms with Gasteiger partial charge in [0.25, 0.3) is 0 Å². The van der Waals surface area contributed by atoms with Gasteiger partial charge in [-0.05, 0) is 18.6 Å². The largest absolute Gasteiger partial charge is 0.474 e. The zero-order chi connectivity index (χ0) is 9.84. The summed E-state index contributed by atoms with van der Waals surface area (Å²) in [5, 5.41) is 10.5. The Kier molecular flexibility index (Phi) is 2.59. The fourth-order valence-electron chi connectivity index (χ4n) is 0.789. The van der Waals surface area contributed by atoms with Crippen LogP contribution in [-0.2, 0) is 9.59 Å². The van der Waals surface area contributed by atoms with Crippen molar-refractivity contribution >= 4 is 17.6 Å². The van der Waals surface area contributed by atoms with Gasteiger partial charge in [-0.3, -0.25) is 9.78 Å². The monoisotopic (exact) mass is 180 g/mol. The summed E-state index contributed by atoms with van der Waals surface area (Å²) in [6.07, 6.45) is 3.02. The number of carbonyl (C=O) groups is 2. The molecule has 0 saturated carbocycles. The highest BCUT2D eigenvalue weighted by atomic mass is 16.4. The molecule has 1 aromatic rings. The number of hydrogen-bond donors (Lipinski definition) is 2. The van der Waals surface area contributed by atoms with Crippen molar-refractivity contribution in [3.8, 4) is 0 Å². The lowest BCUT2D eigenvalue weighted by atomic mass is 10.2. The van der Waals surface area contributed by atoms with E-state index >= 15 is 0 Å².